The molecule has 4 N–H and O–H groups in total. The molecule has 0 aliphatic rings. The Bertz CT molecular complexity index is 1120. The third-order valence-electron chi connectivity index (χ3n) is 3.94. The number of hydrogen-bond acceptors (Lipinski definition) is 5. The molecular formula is C18H13F3N6. The number of para-hydroxylation sites is 1. The Morgan fingerprint density at radius 3 is 2.52 bits per heavy atom. The monoisotopic (exact) mass is 370 g/mol. The number of aromatic amines is 1. The molecule has 0 spiro atoms. The van der Waals surface area contributed by atoms with Crippen molar-refractivity contribution >= 4 is 28.4 Å². The minimum Gasteiger partial charge on any atom is -0.384 e. The standard InChI is InChI=1S/C18H13F3N6/c19-18(20,21)12-7-3-1-5-10(12)16-23-14(22)9-15(24-16)25-17-11-6-2-4-8-13(11)26-27-17/h1-9H,(H4,22,23,24,25,26,27). The summed E-state index contributed by atoms with van der Waals surface area (Å²) in [6.07, 6.45) is -4.53. The normalized spacial score (nSPS) is 11.7. The molecule has 136 valence electrons. The summed E-state index contributed by atoms with van der Waals surface area (Å²) in [6.45, 7) is 0. The van der Waals surface area contributed by atoms with Crippen LogP contribution in [0.2, 0.25) is 0 Å². The molecule has 2 aromatic carbocycles. The first-order valence-electron chi connectivity index (χ1n) is 7.93. The lowest BCUT2D eigenvalue weighted by Crippen LogP contribution is -2.09. The van der Waals surface area contributed by atoms with Gasteiger partial charge in [-0.25, -0.2) is 9.97 Å². The molecule has 0 aliphatic heterocycles. The van der Waals surface area contributed by atoms with Crippen molar-refractivity contribution in [2.24, 2.45) is 0 Å². The number of nitrogens with zero attached hydrogens (tertiary/aromatic N) is 3. The molecule has 0 radical (unpaired) electrons. The van der Waals surface area contributed by atoms with Crippen LogP contribution in [0.3, 0.4) is 0 Å². The second kappa shape index (κ2) is 6.27. The maximum Gasteiger partial charge on any atom is 0.417 e. The molecule has 27 heavy (non-hydrogen) atoms. The largest absolute Gasteiger partial charge is 0.417 e. The van der Waals surface area contributed by atoms with Crippen molar-refractivity contribution in [3.8, 4) is 11.4 Å². The summed E-state index contributed by atoms with van der Waals surface area (Å²) in [5, 5.41) is 10.8. The lowest BCUT2D eigenvalue weighted by Gasteiger charge is -2.13. The van der Waals surface area contributed by atoms with Gasteiger partial charge in [0, 0.05) is 17.0 Å². The van der Waals surface area contributed by atoms with Gasteiger partial charge in [0.25, 0.3) is 0 Å². The number of aromatic nitrogens is 4. The van der Waals surface area contributed by atoms with Crippen molar-refractivity contribution in [3.63, 3.8) is 0 Å². The highest BCUT2D eigenvalue weighted by atomic mass is 19.4. The molecule has 0 fully saturated rings. The third-order valence-corrected chi connectivity index (χ3v) is 3.94. The number of hydrogen-bond donors (Lipinski definition) is 3. The van der Waals surface area contributed by atoms with E-state index in [0.717, 1.165) is 17.0 Å². The van der Waals surface area contributed by atoms with Crippen molar-refractivity contribution in [1.82, 2.24) is 20.2 Å². The molecule has 2 aromatic heterocycles. The van der Waals surface area contributed by atoms with Gasteiger partial charge in [-0.15, -0.1) is 0 Å². The lowest BCUT2D eigenvalue weighted by molar-refractivity contribution is -0.137. The minimum absolute atomic E-state index is 0.0410. The molecule has 2 heterocycles. The SMILES string of the molecule is Nc1cc(Nc2n[nH]c3ccccc23)nc(-c2ccccc2C(F)(F)F)n1. The molecule has 0 atom stereocenters. The van der Waals surface area contributed by atoms with Crippen LogP contribution >= 0.6 is 0 Å². The van der Waals surface area contributed by atoms with Crippen LogP contribution in [0.15, 0.2) is 54.6 Å². The number of alkyl halides is 3. The first kappa shape index (κ1) is 16.8. The Kier molecular flexibility index (Phi) is 3.91. The van der Waals surface area contributed by atoms with E-state index in [9.17, 15) is 13.2 Å². The van der Waals surface area contributed by atoms with E-state index in [2.05, 4.69) is 25.5 Å². The van der Waals surface area contributed by atoms with E-state index in [-0.39, 0.29) is 23.0 Å². The molecule has 0 amide bonds. The zero-order valence-electron chi connectivity index (χ0n) is 13.7. The van der Waals surface area contributed by atoms with Gasteiger partial charge in [0.2, 0.25) is 0 Å². The molecule has 0 saturated heterocycles. The van der Waals surface area contributed by atoms with Gasteiger partial charge >= 0.3 is 6.18 Å². The second-order valence-corrected chi connectivity index (χ2v) is 5.79. The van der Waals surface area contributed by atoms with E-state index in [1.165, 1.54) is 24.3 Å². The highest BCUT2D eigenvalue weighted by Crippen LogP contribution is 2.36. The van der Waals surface area contributed by atoms with Crippen LogP contribution in [0.4, 0.5) is 30.6 Å². The Balaban J connectivity index is 1.77. The van der Waals surface area contributed by atoms with E-state index in [1.54, 1.807) is 0 Å². The molecule has 4 aromatic rings. The number of nitrogens with two attached hydrogens (primary N) is 1. The number of fused-ring (bicyclic) bond motifs is 1. The van der Waals surface area contributed by atoms with Crippen molar-refractivity contribution in [1.29, 1.82) is 0 Å². The van der Waals surface area contributed by atoms with Gasteiger partial charge in [0.05, 0.1) is 11.1 Å². The Hall–Kier alpha value is -3.62. The van der Waals surface area contributed by atoms with E-state index in [1.807, 2.05) is 24.3 Å². The molecule has 0 saturated carbocycles. The molecule has 0 bridgehead atoms. The number of anilines is 3. The highest BCUT2D eigenvalue weighted by molar-refractivity contribution is 5.91. The van der Waals surface area contributed by atoms with E-state index < -0.39 is 11.7 Å². The number of benzene rings is 2. The van der Waals surface area contributed by atoms with E-state index in [0.29, 0.717) is 5.82 Å². The molecule has 6 nitrogen and oxygen atoms in total. The summed E-state index contributed by atoms with van der Waals surface area (Å²) in [4.78, 5) is 8.17. The van der Waals surface area contributed by atoms with Crippen LogP contribution in [0.5, 0.6) is 0 Å². The van der Waals surface area contributed by atoms with E-state index in [4.69, 9.17) is 5.73 Å². The minimum atomic E-state index is -4.53. The number of rotatable bonds is 3. The summed E-state index contributed by atoms with van der Waals surface area (Å²) in [6, 6.07) is 13.9. The van der Waals surface area contributed by atoms with Crippen LogP contribution in [0, 0.1) is 0 Å². The lowest BCUT2D eigenvalue weighted by atomic mass is 10.1. The van der Waals surface area contributed by atoms with Crippen molar-refractivity contribution < 1.29 is 13.2 Å². The summed E-state index contributed by atoms with van der Waals surface area (Å²) in [5.74, 6) is 0.648. The average Bonchev–Trinajstić information content (AvgIpc) is 3.04. The number of nitrogen functional groups attached to an aromatic ring is 1. The Morgan fingerprint density at radius 2 is 1.70 bits per heavy atom. The summed E-state index contributed by atoms with van der Waals surface area (Å²) < 4.78 is 39.9. The predicted molar refractivity (Wildman–Crippen MR) is 96.3 cm³/mol. The van der Waals surface area contributed by atoms with Gasteiger partial charge in [-0.05, 0) is 18.2 Å². The van der Waals surface area contributed by atoms with Crippen molar-refractivity contribution in [2.45, 2.75) is 6.18 Å². The molecule has 0 aliphatic carbocycles. The predicted octanol–water partition coefficient (Wildman–Crippen LogP) is 4.36. The molecular weight excluding hydrogens is 357 g/mol. The zero-order chi connectivity index (χ0) is 19.0. The van der Waals surface area contributed by atoms with Gasteiger partial charge in [-0.2, -0.15) is 18.3 Å². The summed E-state index contributed by atoms with van der Waals surface area (Å²) in [7, 11) is 0. The van der Waals surface area contributed by atoms with Crippen LogP contribution < -0.4 is 11.1 Å². The number of nitrogens with one attached hydrogen (secondary N) is 2. The Morgan fingerprint density at radius 1 is 0.963 bits per heavy atom. The van der Waals surface area contributed by atoms with E-state index >= 15 is 0 Å². The van der Waals surface area contributed by atoms with Crippen molar-refractivity contribution in [2.75, 3.05) is 11.1 Å². The molecule has 0 unspecified atom stereocenters. The van der Waals surface area contributed by atoms with Gasteiger partial charge in [0.15, 0.2) is 11.6 Å². The first-order chi connectivity index (χ1) is 12.9. The van der Waals surface area contributed by atoms with Gasteiger partial charge in [-0.1, -0.05) is 30.3 Å². The number of halogens is 3. The fourth-order valence-electron chi connectivity index (χ4n) is 2.76. The first-order valence-corrected chi connectivity index (χ1v) is 7.93. The Labute approximate surface area is 151 Å². The van der Waals surface area contributed by atoms with Gasteiger partial charge < -0.3 is 11.1 Å². The van der Waals surface area contributed by atoms with Crippen LogP contribution in [-0.2, 0) is 6.18 Å². The van der Waals surface area contributed by atoms with Crippen LogP contribution in [-0.4, -0.2) is 20.2 Å². The summed E-state index contributed by atoms with van der Waals surface area (Å²) in [5.41, 5.74) is 5.63. The van der Waals surface area contributed by atoms with Gasteiger partial charge in [-0.3, -0.25) is 5.10 Å². The third kappa shape index (κ3) is 3.26. The van der Waals surface area contributed by atoms with Crippen LogP contribution in [0.25, 0.3) is 22.3 Å². The van der Waals surface area contributed by atoms with Crippen molar-refractivity contribution in [3.05, 3.63) is 60.2 Å². The number of H-pyrrole nitrogens is 1. The molecule has 4 rings (SSSR count). The van der Waals surface area contributed by atoms with Gasteiger partial charge in [0.1, 0.15) is 11.6 Å². The average molecular weight is 370 g/mol. The smallest absolute Gasteiger partial charge is 0.384 e. The second-order valence-electron chi connectivity index (χ2n) is 5.79. The summed E-state index contributed by atoms with van der Waals surface area (Å²) >= 11 is 0. The molecule has 9 heteroatoms. The highest BCUT2D eigenvalue weighted by Gasteiger charge is 2.34. The topological polar surface area (TPSA) is 92.5 Å². The quantitative estimate of drug-likeness (QED) is 0.498. The maximum atomic E-state index is 13.3. The zero-order valence-corrected chi connectivity index (χ0v) is 13.7. The fraction of sp³-hybridized carbons (Fsp3) is 0.0556. The maximum absolute atomic E-state index is 13.3. The van der Waals surface area contributed by atoms with Crippen LogP contribution in [0.1, 0.15) is 5.56 Å². The fourth-order valence-corrected chi connectivity index (χ4v) is 2.76.